The molecule has 15 heavy (non-hydrogen) atoms. The van der Waals surface area contributed by atoms with Crippen molar-refractivity contribution >= 4 is 0 Å². The first-order chi connectivity index (χ1) is 7.18. The Morgan fingerprint density at radius 3 is 1.93 bits per heavy atom. The van der Waals surface area contributed by atoms with Crippen molar-refractivity contribution in [2.24, 2.45) is 0 Å². The molecule has 0 spiro atoms. The third-order valence-electron chi connectivity index (χ3n) is 1.86. The highest BCUT2D eigenvalue weighted by molar-refractivity contribution is 5.30. The highest BCUT2D eigenvalue weighted by Crippen LogP contribution is 1.98. The third-order valence-corrected chi connectivity index (χ3v) is 1.86. The molecule has 0 radical (unpaired) electrons. The van der Waals surface area contributed by atoms with Crippen molar-refractivity contribution in [1.82, 2.24) is 14.5 Å². The van der Waals surface area contributed by atoms with E-state index in [1.807, 2.05) is 9.97 Å². The molecule has 1 aromatic carbocycles. The van der Waals surface area contributed by atoms with Gasteiger partial charge in [-0.15, -0.1) is 0 Å². The van der Waals surface area contributed by atoms with Gasteiger partial charge in [-0.1, -0.05) is 18.2 Å². The molecule has 2 aromatic rings. The Bertz CT molecular complexity index is 602. The molecule has 0 saturated heterocycles. The summed E-state index contributed by atoms with van der Waals surface area (Å²) < 4.78 is 0.849. The van der Waals surface area contributed by atoms with Gasteiger partial charge in [0.15, 0.2) is 0 Å². The molecule has 76 valence electrons. The largest absolute Gasteiger partial charge is 0.338 e. The molecule has 0 aliphatic carbocycles. The maximum Gasteiger partial charge on any atom is 0.338 e. The molecule has 2 rings (SSSR count). The molecule has 0 fully saturated rings. The second kappa shape index (κ2) is 3.41. The molecule has 6 nitrogen and oxygen atoms in total. The molecule has 1 aromatic heterocycles. The number of para-hydroxylation sites is 1. The summed E-state index contributed by atoms with van der Waals surface area (Å²) >= 11 is 0. The van der Waals surface area contributed by atoms with Gasteiger partial charge < -0.3 is 0 Å². The van der Waals surface area contributed by atoms with E-state index in [0.29, 0.717) is 5.69 Å². The fourth-order valence-electron chi connectivity index (χ4n) is 1.24. The van der Waals surface area contributed by atoms with E-state index in [9.17, 15) is 14.4 Å². The van der Waals surface area contributed by atoms with Crippen LogP contribution in [0.5, 0.6) is 0 Å². The van der Waals surface area contributed by atoms with E-state index >= 15 is 0 Å². The topological polar surface area (TPSA) is 87.7 Å². The van der Waals surface area contributed by atoms with Gasteiger partial charge in [-0.3, -0.25) is 9.97 Å². The van der Waals surface area contributed by atoms with Crippen LogP contribution in [-0.2, 0) is 0 Å². The van der Waals surface area contributed by atoms with Gasteiger partial charge in [0, 0.05) is 0 Å². The normalized spacial score (nSPS) is 10.1. The average Bonchev–Trinajstić information content (AvgIpc) is 2.17. The van der Waals surface area contributed by atoms with Crippen molar-refractivity contribution in [3.05, 3.63) is 61.8 Å². The minimum absolute atomic E-state index is 0.403. The molecule has 0 bridgehead atoms. The predicted octanol–water partition coefficient (Wildman–Crippen LogP) is -0.786. The second-order valence-electron chi connectivity index (χ2n) is 2.86. The molecule has 0 saturated carbocycles. The molecule has 0 aliphatic heterocycles. The Balaban J connectivity index is 2.81. The van der Waals surface area contributed by atoms with Gasteiger partial charge in [0.25, 0.3) is 0 Å². The first-order valence-electron chi connectivity index (χ1n) is 4.19. The Labute approximate surface area is 82.8 Å². The van der Waals surface area contributed by atoms with Crippen LogP contribution >= 0.6 is 0 Å². The van der Waals surface area contributed by atoms with Gasteiger partial charge >= 0.3 is 17.1 Å². The first kappa shape index (κ1) is 9.20. The molecular weight excluding hydrogens is 198 g/mol. The van der Waals surface area contributed by atoms with E-state index in [4.69, 9.17) is 0 Å². The monoisotopic (exact) mass is 205 g/mol. The van der Waals surface area contributed by atoms with E-state index < -0.39 is 17.1 Å². The van der Waals surface area contributed by atoms with E-state index in [1.54, 1.807) is 30.3 Å². The number of nitrogens with zero attached hydrogens (tertiary/aromatic N) is 1. The number of benzene rings is 1. The van der Waals surface area contributed by atoms with Gasteiger partial charge in [0.05, 0.1) is 5.69 Å². The molecule has 1 heterocycles. The molecule has 2 N–H and O–H groups in total. The van der Waals surface area contributed by atoms with Gasteiger partial charge in [0.1, 0.15) is 0 Å². The van der Waals surface area contributed by atoms with Crippen LogP contribution in [0.4, 0.5) is 0 Å². The summed E-state index contributed by atoms with van der Waals surface area (Å²) in [5.74, 6) is 0. The van der Waals surface area contributed by atoms with Crippen LogP contribution in [0.15, 0.2) is 44.7 Å². The maximum absolute atomic E-state index is 11.3. The van der Waals surface area contributed by atoms with E-state index in [1.165, 1.54) is 0 Å². The zero-order valence-electron chi connectivity index (χ0n) is 7.56. The molecule has 6 heteroatoms. The van der Waals surface area contributed by atoms with E-state index in [0.717, 1.165) is 4.57 Å². The lowest BCUT2D eigenvalue weighted by Crippen LogP contribution is -2.42. The number of hydrogen-bond donors (Lipinski definition) is 2. The van der Waals surface area contributed by atoms with Crippen molar-refractivity contribution in [2.75, 3.05) is 0 Å². The van der Waals surface area contributed by atoms with Gasteiger partial charge in [-0.05, 0) is 12.1 Å². The Morgan fingerprint density at radius 1 is 0.867 bits per heavy atom. The number of hydrogen-bond acceptors (Lipinski definition) is 3. The predicted molar refractivity (Wildman–Crippen MR) is 53.3 cm³/mol. The lowest BCUT2D eigenvalue weighted by Gasteiger charge is -2.01. The third kappa shape index (κ3) is 1.64. The Kier molecular flexibility index (Phi) is 2.09. The molecule has 0 amide bonds. The number of aromatic nitrogens is 3. The zero-order valence-corrected chi connectivity index (χ0v) is 7.56. The van der Waals surface area contributed by atoms with Crippen molar-refractivity contribution in [3.63, 3.8) is 0 Å². The zero-order chi connectivity index (χ0) is 10.8. The number of rotatable bonds is 1. The molecule has 0 unspecified atom stereocenters. The summed E-state index contributed by atoms with van der Waals surface area (Å²) in [5, 5.41) is 0. The van der Waals surface area contributed by atoms with E-state index in [-0.39, 0.29) is 0 Å². The van der Waals surface area contributed by atoms with Crippen LogP contribution in [0.1, 0.15) is 0 Å². The van der Waals surface area contributed by atoms with E-state index in [2.05, 4.69) is 0 Å². The lowest BCUT2D eigenvalue weighted by molar-refractivity contribution is 0.784. The number of aromatic amines is 2. The van der Waals surface area contributed by atoms with Crippen LogP contribution in [0.25, 0.3) is 5.69 Å². The SMILES string of the molecule is O=c1[nH]c(=O)n(-c2ccccc2)c(=O)[nH]1. The van der Waals surface area contributed by atoms with Crippen molar-refractivity contribution < 1.29 is 0 Å². The summed E-state index contributed by atoms with van der Waals surface area (Å²) in [6.07, 6.45) is 0. The Morgan fingerprint density at radius 2 is 1.40 bits per heavy atom. The lowest BCUT2D eigenvalue weighted by atomic mass is 10.3. The minimum Gasteiger partial charge on any atom is -0.258 e. The van der Waals surface area contributed by atoms with Crippen LogP contribution in [0.2, 0.25) is 0 Å². The highest BCUT2D eigenvalue weighted by Gasteiger charge is 2.03. The summed E-state index contributed by atoms with van der Waals surface area (Å²) in [6, 6.07) is 8.32. The van der Waals surface area contributed by atoms with Crippen LogP contribution in [0, 0.1) is 0 Å². The van der Waals surface area contributed by atoms with Crippen molar-refractivity contribution in [1.29, 1.82) is 0 Å². The smallest absolute Gasteiger partial charge is 0.258 e. The fourth-order valence-corrected chi connectivity index (χ4v) is 1.24. The summed E-state index contributed by atoms with van der Waals surface area (Å²) in [7, 11) is 0. The number of H-pyrrole nitrogens is 2. The highest BCUT2D eigenvalue weighted by atomic mass is 16.2. The van der Waals surface area contributed by atoms with Gasteiger partial charge in [-0.2, -0.15) is 0 Å². The van der Waals surface area contributed by atoms with Gasteiger partial charge in [-0.25, -0.2) is 19.0 Å². The van der Waals surface area contributed by atoms with Crippen LogP contribution in [-0.4, -0.2) is 14.5 Å². The standard InChI is InChI=1S/C9H7N3O3/c13-7-10-8(14)12(9(15)11-7)6-4-2-1-3-5-6/h1-5H,(H2,10,11,13,14,15). The van der Waals surface area contributed by atoms with Crippen LogP contribution in [0.3, 0.4) is 0 Å². The quantitative estimate of drug-likeness (QED) is 0.639. The molecule has 0 atom stereocenters. The van der Waals surface area contributed by atoms with Crippen molar-refractivity contribution in [2.45, 2.75) is 0 Å². The van der Waals surface area contributed by atoms with Gasteiger partial charge in [0.2, 0.25) is 0 Å². The summed E-state index contributed by atoms with van der Waals surface area (Å²) in [4.78, 5) is 37.4. The maximum atomic E-state index is 11.3. The summed E-state index contributed by atoms with van der Waals surface area (Å²) in [6.45, 7) is 0. The average molecular weight is 205 g/mol. The minimum atomic E-state index is -0.808. The van der Waals surface area contributed by atoms with Crippen molar-refractivity contribution in [3.8, 4) is 5.69 Å². The summed E-state index contributed by atoms with van der Waals surface area (Å²) in [5.41, 5.74) is -1.91. The number of nitrogens with one attached hydrogen (secondary N) is 2. The first-order valence-corrected chi connectivity index (χ1v) is 4.19. The molecular formula is C9H7N3O3. The fraction of sp³-hybridized carbons (Fsp3) is 0. The Hall–Kier alpha value is -2.37. The second-order valence-corrected chi connectivity index (χ2v) is 2.86. The molecule has 0 aliphatic rings. The van der Waals surface area contributed by atoms with Crippen LogP contribution < -0.4 is 17.1 Å².